The largest absolute Gasteiger partial charge is 0.439 e. The summed E-state index contributed by atoms with van der Waals surface area (Å²) in [6, 6.07) is 7.70. The van der Waals surface area contributed by atoms with Gasteiger partial charge in [0.15, 0.2) is 0 Å². The molecule has 1 spiro atoms. The third-order valence-electron chi connectivity index (χ3n) is 4.99. The summed E-state index contributed by atoms with van der Waals surface area (Å²) in [5.74, 6) is 0.0595. The number of carbonyl (C=O) groups excluding carboxylic acids is 2. The van der Waals surface area contributed by atoms with Crippen molar-refractivity contribution in [2.24, 2.45) is 0 Å². The second-order valence-corrected chi connectivity index (χ2v) is 6.88. The molecule has 8 nitrogen and oxygen atoms in total. The molecule has 0 aliphatic carbocycles. The summed E-state index contributed by atoms with van der Waals surface area (Å²) in [6.07, 6.45) is 1.70. The lowest BCUT2D eigenvalue weighted by atomic mass is 9.92. The van der Waals surface area contributed by atoms with Gasteiger partial charge in [0.25, 0.3) is 0 Å². The number of fused-ring (bicyclic) bond motifs is 1. The van der Waals surface area contributed by atoms with Gasteiger partial charge in [-0.25, -0.2) is 9.48 Å². The number of carbonyl (C=O) groups is 2. The third kappa shape index (κ3) is 2.92. The highest BCUT2D eigenvalue weighted by Gasteiger charge is 2.47. The number of likely N-dealkylation sites (N-methyl/N-ethyl adjacent to an activating group) is 1. The first kappa shape index (κ1) is 15.9. The number of hydrogen-bond acceptors (Lipinski definition) is 5. The predicted molar refractivity (Wildman–Crippen MR) is 89.8 cm³/mol. The summed E-state index contributed by atoms with van der Waals surface area (Å²) < 4.78 is 7.32. The molecule has 2 fully saturated rings. The highest BCUT2D eigenvalue weighted by molar-refractivity contribution is 5.78. The van der Waals surface area contributed by atoms with Crippen molar-refractivity contribution in [3.63, 3.8) is 0 Å². The fourth-order valence-corrected chi connectivity index (χ4v) is 3.76. The third-order valence-corrected chi connectivity index (χ3v) is 4.99. The molecular formula is C17H21N5O3. The number of ether oxygens (including phenoxy) is 1. The van der Waals surface area contributed by atoms with E-state index in [4.69, 9.17) is 4.74 Å². The van der Waals surface area contributed by atoms with Gasteiger partial charge in [-0.1, -0.05) is 17.3 Å². The number of rotatable bonds is 3. The summed E-state index contributed by atoms with van der Waals surface area (Å²) in [6.45, 7) is 2.21. The maximum atomic E-state index is 12.6. The summed E-state index contributed by atoms with van der Waals surface area (Å²) in [7, 11) is 1.73. The van der Waals surface area contributed by atoms with Crippen LogP contribution in [0.3, 0.4) is 0 Å². The summed E-state index contributed by atoms with van der Waals surface area (Å²) in [4.78, 5) is 27.7. The Morgan fingerprint density at radius 3 is 2.96 bits per heavy atom. The summed E-state index contributed by atoms with van der Waals surface area (Å²) in [5, 5.41) is 8.23. The molecule has 2 aromatic rings. The zero-order valence-corrected chi connectivity index (χ0v) is 14.2. The van der Waals surface area contributed by atoms with E-state index >= 15 is 0 Å². The normalized spacial score (nSPS) is 23.5. The molecule has 2 saturated heterocycles. The van der Waals surface area contributed by atoms with Gasteiger partial charge in [0, 0.05) is 20.0 Å². The maximum absolute atomic E-state index is 12.6. The van der Waals surface area contributed by atoms with E-state index in [9.17, 15) is 9.59 Å². The smallest absolute Gasteiger partial charge is 0.410 e. The Morgan fingerprint density at radius 2 is 2.16 bits per heavy atom. The first-order chi connectivity index (χ1) is 12.1. The van der Waals surface area contributed by atoms with Gasteiger partial charge in [0.05, 0.1) is 25.2 Å². The van der Waals surface area contributed by atoms with Crippen molar-refractivity contribution in [3.05, 3.63) is 24.3 Å². The van der Waals surface area contributed by atoms with Crippen LogP contribution in [0, 0.1) is 0 Å². The van der Waals surface area contributed by atoms with Crippen LogP contribution in [0.5, 0.6) is 0 Å². The first-order valence-corrected chi connectivity index (χ1v) is 8.56. The van der Waals surface area contributed by atoms with Crippen LogP contribution in [0.25, 0.3) is 11.0 Å². The number of hydrogen-bond donors (Lipinski definition) is 0. The molecule has 25 heavy (non-hydrogen) atoms. The lowest BCUT2D eigenvalue weighted by Crippen LogP contribution is -2.52. The Bertz CT molecular complexity index is 819. The van der Waals surface area contributed by atoms with E-state index in [0.717, 1.165) is 23.9 Å². The van der Waals surface area contributed by atoms with Gasteiger partial charge in [-0.15, -0.1) is 5.10 Å². The number of amides is 2. The van der Waals surface area contributed by atoms with Crippen LogP contribution in [0.15, 0.2) is 24.3 Å². The Kier molecular flexibility index (Phi) is 3.82. The number of likely N-dealkylation sites (tertiary alicyclic amines) is 1. The van der Waals surface area contributed by atoms with Crippen molar-refractivity contribution in [1.29, 1.82) is 0 Å². The molecule has 0 N–H and O–H groups in total. The Labute approximate surface area is 145 Å². The second-order valence-electron chi connectivity index (χ2n) is 6.88. The van der Waals surface area contributed by atoms with Crippen LogP contribution in [-0.4, -0.2) is 69.1 Å². The van der Waals surface area contributed by atoms with Crippen molar-refractivity contribution >= 4 is 23.0 Å². The van der Waals surface area contributed by atoms with Crippen LogP contribution in [-0.2, 0) is 16.1 Å². The Hall–Kier alpha value is -2.64. The van der Waals surface area contributed by atoms with E-state index in [1.54, 1.807) is 16.6 Å². The molecule has 1 unspecified atom stereocenters. The minimum atomic E-state index is -0.542. The predicted octanol–water partition coefficient (Wildman–Crippen LogP) is 1.26. The van der Waals surface area contributed by atoms with Crippen molar-refractivity contribution in [2.75, 3.05) is 26.7 Å². The zero-order valence-electron chi connectivity index (χ0n) is 14.2. The van der Waals surface area contributed by atoms with E-state index < -0.39 is 5.60 Å². The molecule has 2 aliphatic heterocycles. The van der Waals surface area contributed by atoms with Crippen molar-refractivity contribution < 1.29 is 14.3 Å². The number of para-hydroxylation sites is 1. The van der Waals surface area contributed by atoms with Gasteiger partial charge in [-0.05, 0) is 25.0 Å². The number of benzene rings is 1. The average molecular weight is 343 g/mol. The number of aromatic nitrogens is 3. The molecule has 4 rings (SSSR count). The number of nitrogens with zero attached hydrogens (tertiary/aromatic N) is 5. The van der Waals surface area contributed by atoms with Gasteiger partial charge in [0.2, 0.25) is 5.91 Å². The minimum Gasteiger partial charge on any atom is -0.439 e. The standard InChI is InChI=1S/C17H21N5O3/c1-20-11-17(25-16(20)24)8-4-9-21(12-17)15(23)7-10-22-14-6-3-2-5-13(14)18-19-22/h2-3,5-6H,4,7-12H2,1H3. The molecule has 8 heteroatoms. The van der Waals surface area contributed by atoms with Gasteiger partial charge in [-0.2, -0.15) is 0 Å². The van der Waals surface area contributed by atoms with Crippen molar-refractivity contribution in [3.8, 4) is 0 Å². The van der Waals surface area contributed by atoms with E-state index in [1.807, 2.05) is 29.2 Å². The molecule has 1 aromatic carbocycles. The summed E-state index contributed by atoms with van der Waals surface area (Å²) >= 11 is 0. The lowest BCUT2D eigenvalue weighted by Gasteiger charge is -2.38. The van der Waals surface area contributed by atoms with Gasteiger partial charge < -0.3 is 14.5 Å². The highest BCUT2D eigenvalue weighted by atomic mass is 16.6. The van der Waals surface area contributed by atoms with Crippen molar-refractivity contribution in [2.45, 2.75) is 31.4 Å². The molecule has 3 heterocycles. The highest BCUT2D eigenvalue weighted by Crippen LogP contribution is 2.31. The van der Waals surface area contributed by atoms with Crippen LogP contribution in [0.1, 0.15) is 19.3 Å². The lowest BCUT2D eigenvalue weighted by molar-refractivity contribution is -0.137. The molecule has 2 aliphatic rings. The fraction of sp³-hybridized carbons (Fsp3) is 0.529. The SMILES string of the molecule is CN1CC2(CCCN(C(=O)CCn3nnc4ccccc43)C2)OC1=O. The monoisotopic (exact) mass is 343 g/mol. The summed E-state index contributed by atoms with van der Waals surface area (Å²) in [5.41, 5.74) is 1.21. The Morgan fingerprint density at radius 1 is 1.32 bits per heavy atom. The van der Waals surface area contributed by atoms with E-state index in [-0.39, 0.29) is 12.0 Å². The quantitative estimate of drug-likeness (QED) is 0.838. The van der Waals surface area contributed by atoms with E-state index in [2.05, 4.69) is 10.3 Å². The number of aryl methyl sites for hydroxylation is 1. The van der Waals surface area contributed by atoms with Crippen molar-refractivity contribution in [1.82, 2.24) is 24.8 Å². The number of piperidine rings is 1. The molecule has 2 amide bonds. The van der Waals surface area contributed by atoms with Gasteiger partial charge in [0.1, 0.15) is 11.1 Å². The van der Waals surface area contributed by atoms with Crippen LogP contribution in [0.2, 0.25) is 0 Å². The molecule has 132 valence electrons. The molecule has 0 bridgehead atoms. The molecule has 0 radical (unpaired) electrons. The fourth-order valence-electron chi connectivity index (χ4n) is 3.76. The Balaban J connectivity index is 1.40. The van der Waals surface area contributed by atoms with Crippen LogP contribution >= 0.6 is 0 Å². The van der Waals surface area contributed by atoms with Crippen LogP contribution in [0.4, 0.5) is 4.79 Å². The van der Waals surface area contributed by atoms with Gasteiger partial charge >= 0.3 is 6.09 Å². The maximum Gasteiger partial charge on any atom is 0.410 e. The van der Waals surface area contributed by atoms with Crippen LogP contribution < -0.4 is 0 Å². The molecule has 1 atom stereocenters. The molecule has 0 saturated carbocycles. The topological polar surface area (TPSA) is 80.6 Å². The zero-order chi connectivity index (χ0) is 17.4. The van der Waals surface area contributed by atoms with E-state index in [0.29, 0.717) is 32.6 Å². The second kappa shape index (κ2) is 6.02. The average Bonchev–Trinajstić information content (AvgIpc) is 3.14. The minimum absolute atomic E-state index is 0.0595. The molecular weight excluding hydrogens is 322 g/mol. The van der Waals surface area contributed by atoms with Gasteiger partial charge in [-0.3, -0.25) is 4.79 Å². The first-order valence-electron chi connectivity index (χ1n) is 8.56. The molecule has 1 aromatic heterocycles. The van der Waals surface area contributed by atoms with E-state index in [1.165, 1.54) is 0 Å².